The van der Waals surface area contributed by atoms with E-state index in [9.17, 15) is 4.39 Å². The third kappa shape index (κ3) is 0.946. The van der Waals surface area contributed by atoms with Crippen LogP contribution in [0.5, 0.6) is 0 Å². The van der Waals surface area contributed by atoms with Gasteiger partial charge in [0.15, 0.2) is 0 Å². The number of alkyl halides is 1. The molecule has 0 aromatic heterocycles. The van der Waals surface area contributed by atoms with Crippen molar-refractivity contribution in [3.8, 4) is 0 Å². The average Bonchev–Trinajstić information content (AvgIpc) is 1.57. The number of hydrogen-bond acceptors (Lipinski definition) is 2. The molecule has 0 amide bonds. The molecule has 54 valence electrons. The standard InChI is InChI=1S/C6H12FNO/c1-5(2,7)6(8)3-9-4-6/h3-4,8H2,1-2H3. The molecule has 0 radical (unpaired) electrons. The number of nitrogens with two attached hydrogens (primary N) is 1. The molecule has 3 heteroatoms. The van der Waals surface area contributed by atoms with Gasteiger partial charge in [-0.3, -0.25) is 0 Å². The number of hydrogen-bond donors (Lipinski definition) is 1. The van der Waals surface area contributed by atoms with E-state index in [-0.39, 0.29) is 0 Å². The van der Waals surface area contributed by atoms with Gasteiger partial charge in [0.1, 0.15) is 5.67 Å². The summed E-state index contributed by atoms with van der Waals surface area (Å²) in [6.45, 7) is 3.65. The van der Waals surface area contributed by atoms with Gasteiger partial charge in [-0.15, -0.1) is 0 Å². The molecule has 0 spiro atoms. The summed E-state index contributed by atoms with van der Waals surface area (Å²) >= 11 is 0. The Morgan fingerprint density at radius 1 is 1.56 bits per heavy atom. The summed E-state index contributed by atoms with van der Waals surface area (Å²) < 4.78 is 17.8. The summed E-state index contributed by atoms with van der Waals surface area (Å²) in [5.74, 6) is 0. The third-order valence-corrected chi connectivity index (χ3v) is 1.90. The van der Waals surface area contributed by atoms with E-state index in [0.29, 0.717) is 13.2 Å². The van der Waals surface area contributed by atoms with Crippen LogP contribution in [-0.2, 0) is 4.74 Å². The van der Waals surface area contributed by atoms with Crippen LogP contribution in [0.4, 0.5) is 4.39 Å². The molecule has 1 aliphatic rings. The Balaban J connectivity index is 2.59. The highest BCUT2D eigenvalue weighted by molar-refractivity contribution is 5.03. The highest BCUT2D eigenvalue weighted by Gasteiger charge is 2.48. The fraction of sp³-hybridized carbons (Fsp3) is 1.00. The van der Waals surface area contributed by atoms with E-state index < -0.39 is 11.2 Å². The molecule has 0 bridgehead atoms. The maximum atomic E-state index is 13.0. The van der Waals surface area contributed by atoms with E-state index in [2.05, 4.69) is 0 Å². The molecular weight excluding hydrogens is 121 g/mol. The predicted molar refractivity (Wildman–Crippen MR) is 32.9 cm³/mol. The molecule has 0 saturated carbocycles. The van der Waals surface area contributed by atoms with Gasteiger partial charge < -0.3 is 10.5 Å². The van der Waals surface area contributed by atoms with Crippen molar-refractivity contribution in [2.24, 2.45) is 5.73 Å². The zero-order valence-corrected chi connectivity index (χ0v) is 5.78. The van der Waals surface area contributed by atoms with Crippen LogP contribution in [0.1, 0.15) is 13.8 Å². The lowest BCUT2D eigenvalue weighted by Crippen LogP contribution is -2.67. The largest absolute Gasteiger partial charge is 0.377 e. The van der Waals surface area contributed by atoms with Crippen molar-refractivity contribution in [3.05, 3.63) is 0 Å². The molecule has 0 atom stereocenters. The van der Waals surface area contributed by atoms with Crippen molar-refractivity contribution in [3.63, 3.8) is 0 Å². The van der Waals surface area contributed by atoms with E-state index in [0.717, 1.165) is 0 Å². The topological polar surface area (TPSA) is 35.2 Å². The minimum atomic E-state index is -1.31. The zero-order valence-electron chi connectivity index (χ0n) is 5.78. The predicted octanol–water partition coefficient (Wildman–Crippen LogP) is 0.462. The lowest BCUT2D eigenvalue weighted by Gasteiger charge is -2.44. The molecule has 1 aliphatic heterocycles. The van der Waals surface area contributed by atoms with E-state index in [1.165, 1.54) is 13.8 Å². The van der Waals surface area contributed by atoms with Gasteiger partial charge in [0, 0.05) is 0 Å². The smallest absolute Gasteiger partial charge is 0.127 e. The Morgan fingerprint density at radius 3 is 2.00 bits per heavy atom. The minimum absolute atomic E-state index is 0.344. The molecular formula is C6H12FNO. The first-order chi connectivity index (χ1) is 3.96. The molecule has 1 fully saturated rings. The van der Waals surface area contributed by atoms with Crippen LogP contribution in [0.2, 0.25) is 0 Å². The van der Waals surface area contributed by atoms with Gasteiger partial charge in [-0.1, -0.05) is 0 Å². The van der Waals surface area contributed by atoms with Gasteiger partial charge in [0.2, 0.25) is 0 Å². The second kappa shape index (κ2) is 1.67. The van der Waals surface area contributed by atoms with Crippen LogP contribution in [0.25, 0.3) is 0 Å². The SMILES string of the molecule is CC(C)(F)C1(N)COC1. The average molecular weight is 133 g/mol. The molecule has 1 rings (SSSR count). The van der Waals surface area contributed by atoms with E-state index >= 15 is 0 Å². The summed E-state index contributed by atoms with van der Waals surface area (Å²) in [7, 11) is 0. The number of ether oxygens (including phenoxy) is 1. The molecule has 9 heavy (non-hydrogen) atoms. The highest BCUT2D eigenvalue weighted by Crippen LogP contribution is 2.29. The third-order valence-electron chi connectivity index (χ3n) is 1.90. The van der Waals surface area contributed by atoms with Crippen molar-refractivity contribution in [1.82, 2.24) is 0 Å². The number of rotatable bonds is 1. The molecule has 2 N–H and O–H groups in total. The Morgan fingerprint density at radius 2 is 2.00 bits per heavy atom. The van der Waals surface area contributed by atoms with Crippen LogP contribution in [0.3, 0.4) is 0 Å². The van der Waals surface area contributed by atoms with Gasteiger partial charge in [0.25, 0.3) is 0 Å². The maximum Gasteiger partial charge on any atom is 0.127 e. The van der Waals surface area contributed by atoms with Crippen molar-refractivity contribution in [2.45, 2.75) is 25.1 Å². The van der Waals surface area contributed by atoms with Crippen molar-refractivity contribution in [2.75, 3.05) is 13.2 Å². The molecule has 0 aromatic rings. The van der Waals surface area contributed by atoms with Crippen LogP contribution in [0, 0.1) is 0 Å². The van der Waals surface area contributed by atoms with Gasteiger partial charge in [-0.2, -0.15) is 0 Å². The van der Waals surface area contributed by atoms with Crippen LogP contribution in [-0.4, -0.2) is 24.4 Å². The lowest BCUT2D eigenvalue weighted by molar-refractivity contribution is -0.119. The molecule has 1 heterocycles. The summed E-state index contributed by atoms with van der Waals surface area (Å²) in [6.07, 6.45) is 0. The summed E-state index contributed by atoms with van der Waals surface area (Å²) in [6, 6.07) is 0. The van der Waals surface area contributed by atoms with Crippen molar-refractivity contribution in [1.29, 1.82) is 0 Å². The summed E-state index contributed by atoms with van der Waals surface area (Å²) in [5.41, 5.74) is 3.54. The van der Waals surface area contributed by atoms with Crippen LogP contribution < -0.4 is 5.73 Å². The molecule has 0 aliphatic carbocycles. The summed E-state index contributed by atoms with van der Waals surface area (Å²) in [5, 5.41) is 0. The van der Waals surface area contributed by atoms with Gasteiger partial charge in [-0.25, -0.2) is 4.39 Å². The van der Waals surface area contributed by atoms with Gasteiger partial charge in [0.05, 0.1) is 18.8 Å². The Kier molecular flexibility index (Phi) is 1.29. The Bertz CT molecular complexity index is 115. The molecule has 0 unspecified atom stereocenters. The maximum absolute atomic E-state index is 13.0. The second-order valence-electron chi connectivity index (χ2n) is 3.12. The molecule has 1 saturated heterocycles. The monoisotopic (exact) mass is 133 g/mol. The number of halogens is 1. The van der Waals surface area contributed by atoms with Crippen LogP contribution >= 0.6 is 0 Å². The highest BCUT2D eigenvalue weighted by atomic mass is 19.1. The second-order valence-corrected chi connectivity index (χ2v) is 3.12. The van der Waals surface area contributed by atoms with E-state index in [1.54, 1.807) is 0 Å². The first kappa shape index (κ1) is 6.96. The molecule has 0 aromatic carbocycles. The van der Waals surface area contributed by atoms with Gasteiger partial charge >= 0.3 is 0 Å². The quantitative estimate of drug-likeness (QED) is 0.564. The first-order valence-electron chi connectivity index (χ1n) is 3.01. The first-order valence-corrected chi connectivity index (χ1v) is 3.01. The summed E-state index contributed by atoms with van der Waals surface area (Å²) in [4.78, 5) is 0. The fourth-order valence-electron chi connectivity index (χ4n) is 0.665. The normalized spacial score (nSPS) is 25.3. The van der Waals surface area contributed by atoms with Crippen molar-refractivity contribution < 1.29 is 9.13 Å². The van der Waals surface area contributed by atoms with Gasteiger partial charge in [-0.05, 0) is 13.8 Å². The minimum Gasteiger partial charge on any atom is -0.377 e. The molecule has 2 nitrogen and oxygen atoms in total. The van der Waals surface area contributed by atoms with E-state index in [4.69, 9.17) is 10.5 Å². The fourth-order valence-corrected chi connectivity index (χ4v) is 0.665. The van der Waals surface area contributed by atoms with Crippen molar-refractivity contribution >= 4 is 0 Å². The zero-order chi connectivity index (χ0) is 7.12. The van der Waals surface area contributed by atoms with E-state index in [1.807, 2.05) is 0 Å². The lowest BCUT2D eigenvalue weighted by atomic mass is 9.83. The van der Waals surface area contributed by atoms with Crippen LogP contribution in [0.15, 0.2) is 0 Å². The Labute approximate surface area is 54.2 Å². The Hall–Kier alpha value is -0.150.